The van der Waals surface area contributed by atoms with Gasteiger partial charge in [0.05, 0.1) is 6.04 Å². The topological polar surface area (TPSA) is 92.4 Å². The van der Waals surface area contributed by atoms with Crippen molar-refractivity contribution in [2.24, 2.45) is 5.73 Å². The molecule has 0 aliphatic heterocycles. The first-order chi connectivity index (χ1) is 9.38. The smallest absolute Gasteiger partial charge is 0.303 e. The summed E-state index contributed by atoms with van der Waals surface area (Å²) in [6.07, 6.45) is 0.517. The highest BCUT2D eigenvalue weighted by Crippen LogP contribution is 2.06. The van der Waals surface area contributed by atoms with E-state index in [2.05, 4.69) is 5.32 Å². The average molecular weight is 282 g/mol. The van der Waals surface area contributed by atoms with Crippen LogP contribution in [-0.4, -0.2) is 29.1 Å². The molecule has 1 amide bonds. The van der Waals surface area contributed by atoms with Gasteiger partial charge < -0.3 is 16.2 Å². The third kappa shape index (κ3) is 5.79. The van der Waals surface area contributed by atoms with Crippen molar-refractivity contribution < 1.29 is 19.1 Å². The predicted octanol–water partition coefficient (Wildman–Crippen LogP) is 1.06. The summed E-state index contributed by atoms with van der Waals surface area (Å²) in [5, 5.41) is 11.2. The van der Waals surface area contributed by atoms with E-state index in [4.69, 9.17) is 10.8 Å². The number of nitrogens with two attached hydrogens (primary N) is 1. The van der Waals surface area contributed by atoms with E-state index in [1.54, 1.807) is 12.1 Å². The highest BCUT2D eigenvalue weighted by molar-refractivity contribution is 5.82. The summed E-state index contributed by atoms with van der Waals surface area (Å²) in [6, 6.07) is 5.04. The fraction of sp³-hybridized carbons (Fsp3) is 0.429. The van der Waals surface area contributed by atoms with E-state index in [0.717, 1.165) is 5.56 Å². The number of amides is 1. The molecule has 0 heterocycles. The van der Waals surface area contributed by atoms with Gasteiger partial charge in [-0.25, -0.2) is 4.39 Å². The van der Waals surface area contributed by atoms with Gasteiger partial charge >= 0.3 is 5.97 Å². The molecular formula is C14H19FN2O3. The van der Waals surface area contributed by atoms with Gasteiger partial charge in [0.25, 0.3) is 0 Å². The van der Waals surface area contributed by atoms with Crippen LogP contribution in [0.5, 0.6) is 0 Å². The second-order valence-electron chi connectivity index (χ2n) is 4.78. The summed E-state index contributed by atoms with van der Waals surface area (Å²) in [5.41, 5.74) is 6.50. The van der Waals surface area contributed by atoms with Crippen LogP contribution in [0.25, 0.3) is 0 Å². The first kappa shape index (κ1) is 16.1. The first-order valence-corrected chi connectivity index (χ1v) is 6.40. The molecule has 20 heavy (non-hydrogen) atoms. The Kier molecular flexibility index (Phi) is 6.11. The summed E-state index contributed by atoms with van der Waals surface area (Å²) in [7, 11) is 0. The molecule has 0 bridgehead atoms. The van der Waals surface area contributed by atoms with Gasteiger partial charge in [-0.1, -0.05) is 12.1 Å². The Bertz CT molecular complexity index is 462. The molecule has 0 aliphatic rings. The number of rotatable bonds is 7. The van der Waals surface area contributed by atoms with Crippen LogP contribution >= 0.6 is 0 Å². The number of hydrogen-bond donors (Lipinski definition) is 3. The average Bonchev–Trinajstić information content (AvgIpc) is 2.38. The molecule has 4 N–H and O–H groups in total. The van der Waals surface area contributed by atoms with Crippen LogP contribution in [0, 0.1) is 5.82 Å². The van der Waals surface area contributed by atoms with Crippen LogP contribution in [-0.2, 0) is 16.0 Å². The van der Waals surface area contributed by atoms with E-state index in [-0.39, 0.29) is 30.6 Å². The first-order valence-electron chi connectivity index (χ1n) is 6.40. The zero-order valence-corrected chi connectivity index (χ0v) is 11.3. The third-order valence-corrected chi connectivity index (χ3v) is 2.85. The van der Waals surface area contributed by atoms with Crippen LogP contribution in [0.2, 0.25) is 0 Å². The lowest BCUT2D eigenvalue weighted by molar-refractivity contribution is -0.137. The van der Waals surface area contributed by atoms with E-state index in [1.807, 2.05) is 6.92 Å². The maximum absolute atomic E-state index is 12.8. The van der Waals surface area contributed by atoms with Gasteiger partial charge in [0, 0.05) is 12.5 Å². The van der Waals surface area contributed by atoms with Crippen molar-refractivity contribution in [2.75, 3.05) is 0 Å². The van der Waals surface area contributed by atoms with Crippen LogP contribution in [0.15, 0.2) is 24.3 Å². The number of carbonyl (C=O) groups excluding carboxylic acids is 1. The molecule has 0 aromatic heterocycles. The molecule has 1 rings (SSSR count). The minimum absolute atomic E-state index is 0.102. The number of carboxylic acid groups (broad SMARTS) is 1. The molecule has 0 spiro atoms. The number of carbonyl (C=O) groups is 2. The number of aliphatic carboxylic acids is 1. The molecule has 5 nitrogen and oxygen atoms in total. The van der Waals surface area contributed by atoms with E-state index >= 15 is 0 Å². The number of nitrogens with one attached hydrogen (secondary N) is 1. The summed E-state index contributed by atoms with van der Waals surface area (Å²) < 4.78 is 12.8. The molecule has 2 unspecified atom stereocenters. The molecule has 0 aliphatic carbocycles. The largest absolute Gasteiger partial charge is 0.481 e. The monoisotopic (exact) mass is 282 g/mol. The molecular weight excluding hydrogens is 263 g/mol. The maximum Gasteiger partial charge on any atom is 0.303 e. The Labute approximate surface area is 117 Å². The van der Waals surface area contributed by atoms with Crippen molar-refractivity contribution in [3.05, 3.63) is 35.6 Å². The molecule has 0 saturated heterocycles. The van der Waals surface area contributed by atoms with E-state index in [9.17, 15) is 14.0 Å². The SMILES string of the molecule is CC(Cc1ccc(F)cc1)NC(=O)C(N)CCC(=O)O. The normalized spacial score (nSPS) is 13.6. The number of hydrogen-bond acceptors (Lipinski definition) is 3. The molecule has 0 radical (unpaired) electrons. The van der Waals surface area contributed by atoms with Gasteiger partial charge in [0.2, 0.25) is 5.91 Å². The van der Waals surface area contributed by atoms with E-state index in [0.29, 0.717) is 6.42 Å². The van der Waals surface area contributed by atoms with Gasteiger partial charge in [0.1, 0.15) is 5.82 Å². The van der Waals surface area contributed by atoms with Crippen molar-refractivity contribution in [3.8, 4) is 0 Å². The molecule has 0 saturated carbocycles. The van der Waals surface area contributed by atoms with Crippen LogP contribution in [0.1, 0.15) is 25.3 Å². The zero-order chi connectivity index (χ0) is 15.1. The Hall–Kier alpha value is -1.95. The van der Waals surface area contributed by atoms with E-state index < -0.39 is 12.0 Å². The lowest BCUT2D eigenvalue weighted by Gasteiger charge is -2.17. The molecule has 110 valence electrons. The Morgan fingerprint density at radius 3 is 2.50 bits per heavy atom. The lowest BCUT2D eigenvalue weighted by atomic mass is 10.1. The predicted molar refractivity (Wildman–Crippen MR) is 72.6 cm³/mol. The van der Waals surface area contributed by atoms with Gasteiger partial charge in [-0.15, -0.1) is 0 Å². The summed E-state index contributed by atoms with van der Waals surface area (Å²) in [4.78, 5) is 22.1. The van der Waals surface area contributed by atoms with Crippen molar-refractivity contribution in [1.29, 1.82) is 0 Å². The fourth-order valence-electron chi connectivity index (χ4n) is 1.79. The van der Waals surface area contributed by atoms with Crippen LogP contribution in [0.4, 0.5) is 4.39 Å². The van der Waals surface area contributed by atoms with Gasteiger partial charge in [-0.3, -0.25) is 9.59 Å². The maximum atomic E-state index is 12.8. The van der Waals surface area contributed by atoms with Gasteiger partial charge in [0.15, 0.2) is 0 Å². The van der Waals surface area contributed by atoms with Crippen LogP contribution in [0.3, 0.4) is 0 Å². The lowest BCUT2D eigenvalue weighted by Crippen LogP contribution is -2.45. The van der Waals surface area contributed by atoms with Gasteiger partial charge in [-0.05, 0) is 37.5 Å². The van der Waals surface area contributed by atoms with E-state index in [1.165, 1.54) is 12.1 Å². The quantitative estimate of drug-likeness (QED) is 0.697. The van der Waals surface area contributed by atoms with Crippen molar-refractivity contribution in [2.45, 2.75) is 38.3 Å². The standard InChI is InChI=1S/C14H19FN2O3/c1-9(8-10-2-4-11(15)5-3-10)17-14(20)12(16)6-7-13(18)19/h2-5,9,12H,6-8,16H2,1H3,(H,17,20)(H,18,19). The Balaban J connectivity index is 2.41. The van der Waals surface area contributed by atoms with Crippen LogP contribution < -0.4 is 11.1 Å². The molecule has 1 aromatic carbocycles. The molecule has 1 aromatic rings. The van der Waals surface area contributed by atoms with Gasteiger partial charge in [-0.2, -0.15) is 0 Å². The minimum Gasteiger partial charge on any atom is -0.481 e. The number of carboxylic acids is 1. The van der Waals surface area contributed by atoms with Crippen molar-refractivity contribution in [3.63, 3.8) is 0 Å². The highest BCUT2D eigenvalue weighted by Gasteiger charge is 2.16. The molecule has 6 heteroatoms. The molecule has 2 atom stereocenters. The summed E-state index contributed by atoms with van der Waals surface area (Å²) >= 11 is 0. The highest BCUT2D eigenvalue weighted by atomic mass is 19.1. The summed E-state index contributed by atoms with van der Waals surface area (Å²) in [5.74, 6) is -1.66. The fourth-order valence-corrected chi connectivity index (χ4v) is 1.79. The summed E-state index contributed by atoms with van der Waals surface area (Å²) in [6.45, 7) is 1.81. The third-order valence-electron chi connectivity index (χ3n) is 2.85. The number of benzene rings is 1. The molecule has 0 fully saturated rings. The second-order valence-corrected chi connectivity index (χ2v) is 4.78. The second kappa shape index (κ2) is 7.59. The van der Waals surface area contributed by atoms with Crippen molar-refractivity contribution >= 4 is 11.9 Å². The zero-order valence-electron chi connectivity index (χ0n) is 11.3. The Morgan fingerprint density at radius 2 is 1.95 bits per heavy atom. The number of halogens is 1. The minimum atomic E-state index is -0.979. The van der Waals surface area contributed by atoms with Crippen molar-refractivity contribution in [1.82, 2.24) is 5.32 Å². The Morgan fingerprint density at radius 1 is 1.35 bits per heavy atom.